The van der Waals surface area contributed by atoms with Gasteiger partial charge in [0.05, 0.1) is 0 Å². The van der Waals surface area contributed by atoms with E-state index in [-0.39, 0.29) is 11.0 Å². The molecule has 0 amide bonds. The highest BCUT2D eigenvalue weighted by Gasteiger charge is 1.89. The van der Waals surface area contributed by atoms with Gasteiger partial charge in [-0.25, -0.2) is 0 Å². The molecule has 48 valence electrons. The van der Waals surface area contributed by atoms with Crippen LogP contribution >= 0.6 is 0 Å². The first-order valence-corrected chi connectivity index (χ1v) is 3.07. The van der Waals surface area contributed by atoms with Crippen LogP contribution in [0.15, 0.2) is 0 Å². The second-order valence-corrected chi connectivity index (χ2v) is 1.62. The Balaban J connectivity index is 0. The van der Waals surface area contributed by atoms with Crippen molar-refractivity contribution in [1.82, 2.24) is 4.90 Å². The standard InChI is InChI=1S/C6H15N.Si/c1-4-7(5-2)6-3;/h4-6H2,1-3H3;. The molecule has 0 saturated carbocycles. The van der Waals surface area contributed by atoms with Crippen molar-refractivity contribution in [2.45, 2.75) is 20.8 Å². The Morgan fingerprint density at radius 2 is 1.12 bits per heavy atom. The minimum absolute atomic E-state index is 0. The number of hydrogen-bond acceptors (Lipinski definition) is 1. The van der Waals surface area contributed by atoms with E-state index in [1.807, 2.05) is 0 Å². The van der Waals surface area contributed by atoms with Gasteiger partial charge in [0.25, 0.3) is 0 Å². The minimum Gasteiger partial charge on any atom is -0.304 e. The normalized spacial score (nSPS) is 9.00. The molecule has 0 N–H and O–H groups in total. The second kappa shape index (κ2) is 7.18. The van der Waals surface area contributed by atoms with Crippen LogP contribution < -0.4 is 0 Å². The van der Waals surface area contributed by atoms with Gasteiger partial charge in [-0.15, -0.1) is 0 Å². The Morgan fingerprint density at radius 1 is 0.875 bits per heavy atom. The Kier molecular flexibility index (Phi) is 9.90. The molecule has 0 atom stereocenters. The Hall–Kier alpha value is 0.177. The van der Waals surface area contributed by atoms with Crippen LogP contribution in [0, 0.1) is 0 Å². The van der Waals surface area contributed by atoms with Crippen molar-refractivity contribution in [2.24, 2.45) is 0 Å². The van der Waals surface area contributed by atoms with E-state index in [0.29, 0.717) is 0 Å². The van der Waals surface area contributed by atoms with E-state index >= 15 is 0 Å². The summed E-state index contributed by atoms with van der Waals surface area (Å²) in [5.74, 6) is 0. The van der Waals surface area contributed by atoms with E-state index in [1.54, 1.807) is 0 Å². The first-order valence-electron chi connectivity index (χ1n) is 3.07. The zero-order valence-corrected chi connectivity index (χ0v) is 7.07. The fourth-order valence-electron chi connectivity index (χ4n) is 0.671. The van der Waals surface area contributed by atoms with Crippen LogP contribution in [-0.4, -0.2) is 35.5 Å². The van der Waals surface area contributed by atoms with Crippen LogP contribution in [0.5, 0.6) is 0 Å². The lowest BCUT2D eigenvalue weighted by Gasteiger charge is -2.13. The number of rotatable bonds is 3. The molecule has 0 rings (SSSR count). The minimum atomic E-state index is 0. The summed E-state index contributed by atoms with van der Waals surface area (Å²) in [5.41, 5.74) is 0. The van der Waals surface area contributed by atoms with E-state index < -0.39 is 0 Å². The van der Waals surface area contributed by atoms with Crippen molar-refractivity contribution in [1.29, 1.82) is 0 Å². The van der Waals surface area contributed by atoms with Gasteiger partial charge in [0, 0.05) is 11.0 Å². The summed E-state index contributed by atoms with van der Waals surface area (Å²) in [5, 5.41) is 0. The lowest BCUT2D eigenvalue weighted by Crippen LogP contribution is -2.21. The summed E-state index contributed by atoms with van der Waals surface area (Å²) >= 11 is 0. The third-order valence-electron chi connectivity index (χ3n) is 1.34. The maximum absolute atomic E-state index is 2.38. The molecule has 0 aliphatic rings. The highest BCUT2D eigenvalue weighted by atomic mass is 28.1. The van der Waals surface area contributed by atoms with E-state index in [0.717, 1.165) is 0 Å². The molecular weight excluding hydrogens is 114 g/mol. The van der Waals surface area contributed by atoms with Crippen molar-refractivity contribution in [3.05, 3.63) is 0 Å². The molecule has 0 aliphatic heterocycles. The zero-order valence-electron chi connectivity index (χ0n) is 6.07. The molecule has 0 fully saturated rings. The summed E-state index contributed by atoms with van der Waals surface area (Å²) in [4.78, 5) is 2.38. The number of nitrogens with zero attached hydrogens (tertiary/aromatic N) is 1. The quantitative estimate of drug-likeness (QED) is 0.513. The largest absolute Gasteiger partial charge is 0.304 e. The molecule has 0 aromatic carbocycles. The van der Waals surface area contributed by atoms with Crippen LogP contribution in [0.25, 0.3) is 0 Å². The maximum Gasteiger partial charge on any atom is 0 e. The SMILES string of the molecule is CCN(CC)CC.[Si]. The monoisotopic (exact) mass is 129 g/mol. The van der Waals surface area contributed by atoms with Gasteiger partial charge in [-0.3, -0.25) is 0 Å². The highest BCUT2D eigenvalue weighted by molar-refractivity contribution is 5.75. The lowest BCUT2D eigenvalue weighted by molar-refractivity contribution is 0.321. The second-order valence-electron chi connectivity index (χ2n) is 1.62. The average Bonchev–Trinajstić information content (AvgIpc) is 1.72. The number of hydrogen-bond donors (Lipinski definition) is 0. The lowest BCUT2D eigenvalue weighted by atomic mass is 10.5. The molecule has 0 bridgehead atoms. The third-order valence-corrected chi connectivity index (χ3v) is 1.34. The van der Waals surface area contributed by atoms with Gasteiger partial charge in [0.1, 0.15) is 0 Å². The molecule has 0 aliphatic carbocycles. The van der Waals surface area contributed by atoms with Crippen molar-refractivity contribution in [2.75, 3.05) is 19.6 Å². The summed E-state index contributed by atoms with van der Waals surface area (Å²) in [7, 11) is 0. The predicted molar refractivity (Wildman–Crippen MR) is 39.2 cm³/mol. The summed E-state index contributed by atoms with van der Waals surface area (Å²) in [6.07, 6.45) is 0. The van der Waals surface area contributed by atoms with Crippen molar-refractivity contribution in [3.8, 4) is 0 Å². The Morgan fingerprint density at radius 3 is 1.12 bits per heavy atom. The van der Waals surface area contributed by atoms with Crippen LogP contribution in [-0.2, 0) is 0 Å². The maximum atomic E-state index is 2.38. The third kappa shape index (κ3) is 4.34. The van der Waals surface area contributed by atoms with Crippen molar-refractivity contribution >= 4 is 11.0 Å². The molecule has 0 unspecified atom stereocenters. The van der Waals surface area contributed by atoms with Gasteiger partial charge >= 0.3 is 0 Å². The van der Waals surface area contributed by atoms with Gasteiger partial charge in [-0.2, -0.15) is 0 Å². The van der Waals surface area contributed by atoms with Gasteiger partial charge in [0.2, 0.25) is 0 Å². The average molecular weight is 129 g/mol. The highest BCUT2D eigenvalue weighted by Crippen LogP contribution is 1.81. The molecule has 8 heavy (non-hydrogen) atoms. The first-order chi connectivity index (χ1) is 3.35. The Labute approximate surface area is 57.1 Å². The molecule has 4 radical (unpaired) electrons. The van der Waals surface area contributed by atoms with Crippen molar-refractivity contribution < 1.29 is 0 Å². The molecule has 1 nitrogen and oxygen atoms in total. The van der Waals surface area contributed by atoms with Crippen LogP contribution in [0.1, 0.15) is 20.8 Å². The van der Waals surface area contributed by atoms with Crippen LogP contribution in [0.2, 0.25) is 0 Å². The fraction of sp³-hybridized carbons (Fsp3) is 1.00. The molecule has 0 saturated heterocycles. The van der Waals surface area contributed by atoms with Crippen LogP contribution in [0.4, 0.5) is 0 Å². The topological polar surface area (TPSA) is 3.24 Å². The van der Waals surface area contributed by atoms with Crippen LogP contribution in [0.3, 0.4) is 0 Å². The van der Waals surface area contributed by atoms with Gasteiger partial charge in [0.15, 0.2) is 0 Å². The van der Waals surface area contributed by atoms with Gasteiger partial charge < -0.3 is 4.90 Å². The van der Waals surface area contributed by atoms with E-state index in [1.165, 1.54) is 19.6 Å². The van der Waals surface area contributed by atoms with Crippen molar-refractivity contribution in [3.63, 3.8) is 0 Å². The first kappa shape index (κ1) is 11.0. The Bertz CT molecular complexity index is 30.0. The molecule has 0 heterocycles. The smallest absolute Gasteiger partial charge is 0 e. The molecule has 2 heteroatoms. The van der Waals surface area contributed by atoms with Gasteiger partial charge in [-0.1, -0.05) is 20.8 Å². The summed E-state index contributed by atoms with van der Waals surface area (Å²) in [6.45, 7) is 10.1. The zero-order chi connectivity index (χ0) is 5.70. The molecule has 0 spiro atoms. The molecular formula is C6H15NSi. The predicted octanol–water partition coefficient (Wildman–Crippen LogP) is 0.967. The summed E-state index contributed by atoms with van der Waals surface area (Å²) in [6, 6.07) is 0. The van der Waals surface area contributed by atoms with Gasteiger partial charge in [-0.05, 0) is 19.6 Å². The van der Waals surface area contributed by atoms with E-state index in [2.05, 4.69) is 25.7 Å². The van der Waals surface area contributed by atoms with E-state index in [4.69, 9.17) is 0 Å². The summed E-state index contributed by atoms with van der Waals surface area (Å²) < 4.78 is 0. The fourth-order valence-corrected chi connectivity index (χ4v) is 0.671. The molecule has 0 aromatic heterocycles. The van der Waals surface area contributed by atoms with E-state index in [9.17, 15) is 0 Å². The molecule has 0 aromatic rings.